The van der Waals surface area contributed by atoms with E-state index in [0.717, 1.165) is 36.4 Å². The molecule has 4 heteroatoms. The SMILES string of the molecule is COC1CCN(Cc2cccc(Br)n2)C1. The highest BCUT2D eigenvalue weighted by molar-refractivity contribution is 9.10. The van der Waals surface area contributed by atoms with Crippen LogP contribution in [0.25, 0.3) is 0 Å². The van der Waals surface area contributed by atoms with Gasteiger partial charge in [0.1, 0.15) is 4.60 Å². The third-order valence-corrected chi connectivity index (χ3v) is 3.16. The minimum absolute atomic E-state index is 0.400. The van der Waals surface area contributed by atoms with Crippen molar-refractivity contribution in [2.45, 2.75) is 19.1 Å². The van der Waals surface area contributed by atoms with Crippen molar-refractivity contribution in [3.05, 3.63) is 28.5 Å². The number of aromatic nitrogens is 1. The van der Waals surface area contributed by atoms with Gasteiger partial charge in [0, 0.05) is 26.7 Å². The average molecular weight is 271 g/mol. The van der Waals surface area contributed by atoms with E-state index in [9.17, 15) is 0 Å². The summed E-state index contributed by atoms with van der Waals surface area (Å²) in [5, 5.41) is 0. The zero-order chi connectivity index (χ0) is 10.7. The Morgan fingerprint density at radius 3 is 3.13 bits per heavy atom. The molecule has 1 atom stereocenters. The third-order valence-electron chi connectivity index (χ3n) is 2.72. The molecule has 2 rings (SSSR count). The summed E-state index contributed by atoms with van der Waals surface area (Å²) in [6, 6.07) is 6.03. The van der Waals surface area contributed by atoms with Crippen LogP contribution in [0.4, 0.5) is 0 Å². The monoisotopic (exact) mass is 270 g/mol. The second-order valence-electron chi connectivity index (χ2n) is 3.83. The highest BCUT2D eigenvalue weighted by atomic mass is 79.9. The van der Waals surface area contributed by atoms with Gasteiger partial charge in [-0.1, -0.05) is 6.07 Å². The lowest BCUT2D eigenvalue weighted by Crippen LogP contribution is -2.22. The standard InChI is InChI=1S/C11H15BrN2O/c1-15-10-5-6-14(8-10)7-9-3-2-4-11(12)13-9/h2-4,10H,5-8H2,1H3. The quantitative estimate of drug-likeness (QED) is 0.787. The van der Waals surface area contributed by atoms with E-state index >= 15 is 0 Å². The predicted octanol–water partition coefficient (Wildman–Crippen LogP) is 2.06. The number of nitrogens with zero attached hydrogens (tertiary/aromatic N) is 2. The first-order valence-corrected chi connectivity index (χ1v) is 5.94. The Balaban J connectivity index is 1.92. The highest BCUT2D eigenvalue weighted by Gasteiger charge is 2.21. The highest BCUT2D eigenvalue weighted by Crippen LogP contribution is 2.15. The molecule has 0 saturated carbocycles. The molecule has 2 heterocycles. The summed E-state index contributed by atoms with van der Waals surface area (Å²) in [5.74, 6) is 0. The number of likely N-dealkylation sites (tertiary alicyclic amines) is 1. The van der Waals surface area contributed by atoms with E-state index in [1.165, 1.54) is 0 Å². The zero-order valence-corrected chi connectivity index (χ0v) is 10.4. The van der Waals surface area contributed by atoms with Crippen LogP contribution in [0, 0.1) is 0 Å². The summed E-state index contributed by atoms with van der Waals surface area (Å²) < 4.78 is 6.24. The van der Waals surface area contributed by atoms with E-state index in [-0.39, 0.29) is 0 Å². The molecule has 1 fully saturated rings. The molecular formula is C11H15BrN2O. The predicted molar refractivity (Wildman–Crippen MR) is 62.6 cm³/mol. The molecule has 0 aliphatic carbocycles. The largest absolute Gasteiger partial charge is 0.380 e. The Labute approximate surface area is 98.6 Å². The molecule has 1 aliphatic rings. The first-order valence-electron chi connectivity index (χ1n) is 5.14. The van der Waals surface area contributed by atoms with Crippen molar-refractivity contribution in [2.24, 2.45) is 0 Å². The van der Waals surface area contributed by atoms with Crippen LogP contribution >= 0.6 is 15.9 Å². The first kappa shape index (κ1) is 11.0. The van der Waals surface area contributed by atoms with Crippen molar-refractivity contribution >= 4 is 15.9 Å². The Hall–Kier alpha value is -0.450. The molecular weight excluding hydrogens is 256 g/mol. The fourth-order valence-corrected chi connectivity index (χ4v) is 2.28. The van der Waals surface area contributed by atoms with E-state index in [1.807, 2.05) is 12.1 Å². The molecule has 0 N–H and O–H groups in total. The van der Waals surface area contributed by atoms with E-state index in [2.05, 4.69) is 31.9 Å². The van der Waals surface area contributed by atoms with Crippen LogP contribution in [0.5, 0.6) is 0 Å². The van der Waals surface area contributed by atoms with Crippen LogP contribution in [-0.2, 0) is 11.3 Å². The van der Waals surface area contributed by atoms with Crippen LogP contribution in [0.15, 0.2) is 22.8 Å². The van der Waals surface area contributed by atoms with Crippen molar-refractivity contribution in [1.82, 2.24) is 9.88 Å². The molecule has 1 aromatic rings. The van der Waals surface area contributed by atoms with Crippen molar-refractivity contribution in [1.29, 1.82) is 0 Å². The minimum Gasteiger partial charge on any atom is -0.380 e. The van der Waals surface area contributed by atoms with Crippen LogP contribution < -0.4 is 0 Å². The van der Waals surface area contributed by atoms with E-state index in [1.54, 1.807) is 7.11 Å². The maximum absolute atomic E-state index is 5.33. The second kappa shape index (κ2) is 5.05. The van der Waals surface area contributed by atoms with E-state index in [4.69, 9.17) is 4.74 Å². The van der Waals surface area contributed by atoms with Gasteiger partial charge in [0.25, 0.3) is 0 Å². The van der Waals surface area contributed by atoms with Gasteiger partial charge in [-0.05, 0) is 34.5 Å². The number of halogens is 1. The number of hydrogen-bond acceptors (Lipinski definition) is 3. The third kappa shape index (κ3) is 3.00. The minimum atomic E-state index is 0.400. The molecule has 0 aromatic carbocycles. The Morgan fingerprint density at radius 1 is 1.60 bits per heavy atom. The summed E-state index contributed by atoms with van der Waals surface area (Å²) in [6.45, 7) is 3.04. The number of pyridine rings is 1. The number of rotatable bonds is 3. The molecule has 15 heavy (non-hydrogen) atoms. The molecule has 1 aromatic heterocycles. The van der Waals surface area contributed by atoms with Crippen LogP contribution in [0.1, 0.15) is 12.1 Å². The van der Waals surface area contributed by atoms with Gasteiger partial charge in [-0.15, -0.1) is 0 Å². The normalized spacial score (nSPS) is 22.1. The van der Waals surface area contributed by atoms with Crippen molar-refractivity contribution in [2.75, 3.05) is 20.2 Å². The summed E-state index contributed by atoms with van der Waals surface area (Å²) in [7, 11) is 1.78. The summed E-state index contributed by atoms with van der Waals surface area (Å²) in [6.07, 6.45) is 1.53. The molecule has 3 nitrogen and oxygen atoms in total. The fourth-order valence-electron chi connectivity index (χ4n) is 1.90. The molecule has 0 spiro atoms. The average Bonchev–Trinajstić information content (AvgIpc) is 2.65. The molecule has 0 bridgehead atoms. The summed E-state index contributed by atoms with van der Waals surface area (Å²) in [4.78, 5) is 6.80. The van der Waals surface area contributed by atoms with Gasteiger partial charge in [0.15, 0.2) is 0 Å². The van der Waals surface area contributed by atoms with Crippen molar-refractivity contribution in [3.8, 4) is 0 Å². The summed E-state index contributed by atoms with van der Waals surface area (Å²) >= 11 is 3.38. The van der Waals surface area contributed by atoms with Gasteiger partial charge < -0.3 is 4.74 Å². The lowest BCUT2D eigenvalue weighted by atomic mass is 10.3. The second-order valence-corrected chi connectivity index (χ2v) is 4.65. The smallest absolute Gasteiger partial charge is 0.106 e. The van der Waals surface area contributed by atoms with Crippen LogP contribution in [0.2, 0.25) is 0 Å². The molecule has 1 unspecified atom stereocenters. The lowest BCUT2D eigenvalue weighted by molar-refractivity contribution is 0.107. The first-order chi connectivity index (χ1) is 7.28. The number of hydrogen-bond donors (Lipinski definition) is 0. The molecule has 82 valence electrons. The van der Waals surface area contributed by atoms with Crippen LogP contribution in [0.3, 0.4) is 0 Å². The van der Waals surface area contributed by atoms with Crippen LogP contribution in [-0.4, -0.2) is 36.2 Å². The Kier molecular flexibility index (Phi) is 3.72. The van der Waals surface area contributed by atoms with Gasteiger partial charge in [0.05, 0.1) is 11.8 Å². The van der Waals surface area contributed by atoms with Gasteiger partial charge in [-0.25, -0.2) is 4.98 Å². The summed E-state index contributed by atoms with van der Waals surface area (Å²) in [5.41, 5.74) is 1.11. The van der Waals surface area contributed by atoms with Gasteiger partial charge in [0.2, 0.25) is 0 Å². The van der Waals surface area contributed by atoms with Gasteiger partial charge in [-0.2, -0.15) is 0 Å². The van der Waals surface area contributed by atoms with Gasteiger partial charge in [-0.3, -0.25) is 4.90 Å². The van der Waals surface area contributed by atoms with E-state index in [0.29, 0.717) is 6.10 Å². The molecule has 1 saturated heterocycles. The topological polar surface area (TPSA) is 25.4 Å². The van der Waals surface area contributed by atoms with E-state index < -0.39 is 0 Å². The van der Waals surface area contributed by atoms with Crippen molar-refractivity contribution in [3.63, 3.8) is 0 Å². The molecule has 1 aliphatic heterocycles. The maximum Gasteiger partial charge on any atom is 0.106 e. The van der Waals surface area contributed by atoms with Crippen molar-refractivity contribution < 1.29 is 4.74 Å². The molecule has 0 radical (unpaired) electrons. The van der Waals surface area contributed by atoms with Gasteiger partial charge >= 0.3 is 0 Å². The number of methoxy groups -OCH3 is 1. The number of ether oxygens (including phenoxy) is 1. The fraction of sp³-hybridized carbons (Fsp3) is 0.545. The lowest BCUT2D eigenvalue weighted by Gasteiger charge is -2.14. The Morgan fingerprint density at radius 2 is 2.47 bits per heavy atom. The Bertz CT molecular complexity index is 332. The molecule has 0 amide bonds. The zero-order valence-electron chi connectivity index (χ0n) is 8.82. The maximum atomic E-state index is 5.33.